The van der Waals surface area contributed by atoms with Gasteiger partial charge in [0, 0.05) is 5.56 Å². The van der Waals surface area contributed by atoms with Crippen LogP contribution in [0.2, 0.25) is 0 Å². The summed E-state index contributed by atoms with van der Waals surface area (Å²) in [4.78, 5) is 11.3. The van der Waals surface area contributed by atoms with Crippen molar-refractivity contribution in [3.05, 3.63) is 29.1 Å². The Hall–Kier alpha value is -1.58. The Kier molecular flexibility index (Phi) is 4.28. The summed E-state index contributed by atoms with van der Waals surface area (Å²) in [5.74, 6) is -0.273. The number of carbonyl (C=O) groups excluding carboxylic acids is 1. The van der Waals surface area contributed by atoms with E-state index in [9.17, 15) is 9.18 Å². The van der Waals surface area contributed by atoms with Crippen molar-refractivity contribution in [2.75, 3.05) is 13.7 Å². The van der Waals surface area contributed by atoms with E-state index in [0.717, 1.165) is 0 Å². The van der Waals surface area contributed by atoms with E-state index in [1.165, 1.54) is 13.2 Å². The Labute approximate surface area is 94.2 Å². The van der Waals surface area contributed by atoms with Crippen LogP contribution < -0.4 is 4.74 Å². The zero-order valence-electron chi connectivity index (χ0n) is 9.67. The minimum Gasteiger partial charge on any atom is -0.496 e. The zero-order valence-corrected chi connectivity index (χ0v) is 9.67. The van der Waals surface area contributed by atoms with Crippen molar-refractivity contribution in [3.63, 3.8) is 0 Å². The van der Waals surface area contributed by atoms with E-state index in [4.69, 9.17) is 9.47 Å². The zero-order chi connectivity index (χ0) is 12.1. The molecule has 1 rings (SSSR count). The van der Waals surface area contributed by atoms with Gasteiger partial charge in [0.15, 0.2) is 0 Å². The molecule has 0 radical (unpaired) electrons. The number of esters is 1. The normalized spacial score (nSPS) is 10.0. The van der Waals surface area contributed by atoms with Crippen molar-refractivity contribution in [1.82, 2.24) is 0 Å². The number of hydrogen-bond donors (Lipinski definition) is 0. The van der Waals surface area contributed by atoms with Crippen molar-refractivity contribution in [3.8, 4) is 5.75 Å². The molecule has 0 spiro atoms. The molecule has 0 N–H and O–H groups in total. The number of hydrogen-bond acceptors (Lipinski definition) is 3. The minimum atomic E-state index is -0.433. The molecule has 0 amide bonds. The van der Waals surface area contributed by atoms with Crippen molar-refractivity contribution in [2.24, 2.45) is 0 Å². The van der Waals surface area contributed by atoms with E-state index in [1.807, 2.05) is 0 Å². The minimum absolute atomic E-state index is 0.0668. The average molecular weight is 226 g/mol. The Morgan fingerprint density at radius 2 is 2.12 bits per heavy atom. The SMILES string of the molecule is CCOC(=O)Cc1c(F)ccc(OC)c1C. The van der Waals surface area contributed by atoms with Gasteiger partial charge in [-0.3, -0.25) is 4.79 Å². The molecule has 0 bridgehead atoms. The van der Waals surface area contributed by atoms with Gasteiger partial charge in [0.2, 0.25) is 0 Å². The van der Waals surface area contributed by atoms with Gasteiger partial charge in [-0.1, -0.05) is 0 Å². The van der Waals surface area contributed by atoms with Gasteiger partial charge in [0.1, 0.15) is 11.6 Å². The molecule has 4 heteroatoms. The Morgan fingerprint density at radius 3 is 2.69 bits per heavy atom. The lowest BCUT2D eigenvalue weighted by Gasteiger charge is -2.10. The van der Waals surface area contributed by atoms with Gasteiger partial charge in [0.05, 0.1) is 20.1 Å². The molecule has 16 heavy (non-hydrogen) atoms. The number of halogens is 1. The lowest BCUT2D eigenvalue weighted by Crippen LogP contribution is -2.10. The first-order valence-electron chi connectivity index (χ1n) is 5.07. The second-order valence-corrected chi connectivity index (χ2v) is 3.33. The molecule has 0 aliphatic rings. The first-order chi connectivity index (χ1) is 7.60. The Bertz CT molecular complexity index is 388. The first-order valence-corrected chi connectivity index (χ1v) is 5.07. The number of carbonyl (C=O) groups is 1. The second-order valence-electron chi connectivity index (χ2n) is 3.33. The predicted molar refractivity (Wildman–Crippen MR) is 58.0 cm³/mol. The van der Waals surface area contributed by atoms with E-state index < -0.39 is 11.8 Å². The largest absolute Gasteiger partial charge is 0.496 e. The highest BCUT2D eigenvalue weighted by Gasteiger charge is 2.14. The van der Waals surface area contributed by atoms with E-state index >= 15 is 0 Å². The van der Waals surface area contributed by atoms with Crippen LogP contribution in [0.15, 0.2) is 12.1 Å². The predicted octanol–water partition coefficient (Wildman–Crippen LogP) is 2.25. The summed E-state index contributed by atoms with van der Waals surface area (Å²) in [5.41, 5.74) is 0.966. The van der Waals surface area contributed by atoms with Crippen LogP contribution in [-0.4, -0.2) is 19.7 Å². The highest BCUT2D eigenvalue weighted by atomic mass is 19.1. The fourth-order valence-corrected chi connectivity index (χ4v) is 1.50. The summed E-state index contributed by atoms with van der Waals surface area (Å²) in [5, 5.41) is 0. The quantitative estimate of drug-likeness (QED) is 0.739. The third-order valence-electron chi connectivity index (χ3n) is 2.34. The summed E-state index contributed by atoms with van der Waals surface area (Å²) in [6.45, 7) is 3.73. The fraction of sp³-hybridized carbons (Fsp3) is 0.417. The topological polar surface area (TPSA) is 35.5 Å². The standard InChI is InChI=1S/C12H15FO3/c1-4-16-12(14)7-9-8(2)11(15-3)6-5-10(9)13/h5-6H,4,7H2,1-3H3. The van der Waals surface area contributed by atoms with Gasteiger partial charge >= 0.3 is 5.97 Å². The second kappa shape index (κ2) is 5.49. The molecule has 88 valence electrons. The molecule has 3 nitrogen and oxygen atoms in total. The molecule has 0 fully saturated rings. The molecule has 1 aromatic carbocycles. The Balaban J connectivity index is 2.98. The maximum absolute atomic E-state index is 13.5. The molecule has 0 saturated carbocycles. The molecule has 0 heterocycles. The maximum Gasteiger partial charge on any atom is 0.310 e. The smallest absolute Gasteiger partial charge is 0.310 e. The van der Waals surface area contributed by atoms with E-state index in [0.29, 0.717) is 23.5 Å². The molecule has 0 aliphatic heterocycles. The van der Waals surface area contributed by atoms with Gasteiger partial charge in [-0.2, -0.15) is 0 Å². The lowest BCUT2D eigenvalue weighted by atomic mass is 10.0. The fourth-order valence-electron chi connectivity index (χ4n) is 1.50. The number of benzene rings is 1. The monoisotopic (exact) mass is 226 g/mol. The van der Waals surface area contributed by atoms with Gasteiger partial charge in [-0.15, -0.1) is 0 Å². The van der Waals surface area contributed by atoms with Crippen molar-refractivity contribution in [2.45, 2.75) is 20.3 Å². The van der Waals surface area contributed by atoms with E-state index in [2.05, 4.69) is 0 Å². The van der Waals surface area contributed by atoms with Crippen LogP contribution in [0.3, 0.4) is 0 Å². The molecule has 0 atom stereocenters. The summed E-state index contributed by atoms with van der Waals surface area (Å²) in [7, 11) is 1.51. The molecular weight excluding hydrogens is 211 g/mol. The molecule has 1 aromatic rings. The highest BCUT2D eigenvalue weighted by Crippen LogP contribution is 2.24. The average Bonchev–Trinajstić information content (AvgIpc) is 2.25. The molecule has 0 unspecified atom stereocenters. The number of rotatable bonds is 4. The maximum atomic E-state index is 13.5. The molecule has 0 aromatic heterocycles. The van der Waals surface area contributed by atoms with E-state index in [-0.39, 0.29) is 6.42 Å². The van der Waals surface area contributed by atoms with Crippen LogP contribution in [-0.2, 0) is 16.0 Å². The first kappa shape index (κ1) is 12.5. The number of methoxy groups -OCH3 is 1. The number of ether oxygens (including phenoxy) is 2. The van der Waals surface area contributed by atoms with Gasteiger partial charge < -0.3 is 9.47 Å². The van der Waals surface area contributed by atoms with Gasteiger partial charge in [-0.05, 0) is 31.5 Å². The van der Waals surface area contributed by atoms with Crippen LogP contribution in [0, 0.1) is 12.7 Å². The summed E-state index contributed by atoms with van der Waals surface area (Å²) >= 11 is 0. The summed E-state index contributed by atoms with van der Waals surface area (Å²) in [6.07, 6.45) is -0.0668. The van der Waals surface area contributed by atoms with Gasteiger partial charge in [-0.25, -0.2) is 4.39 Å². The van der Waals surface area contributed by atoms with Crippen LogP contribution in [0.25, 0.3) is 0 Å². The van der Waals surface area contributed by atoms with Crippen LogP contribution >= 0.6 is 0 Å². The summed E-state index contributed by atoms with van der Waals surface area (Å²) in [6, 6.07) is 2.83. The highest BCUT2D eigenvalue weighted by molar-refractivity contribution is 5.73. The van der Waals surface area contributed by atoms with Crippen LogP contribution in [0.5, 0.6) is 5.75 Å². The third kappa shape index (κ3) is 2.72. The molecule has 0 aliphatic carbocycles. The Morgan fingerprint density at radius 1 is 1.44 bits per heavy atom. The van der Waals surface area contributed by atoms with Crippen LogP contribution in [0.1, 0.15) is 18.1 Å². The van der Waals surface area contributed by atoms with Gasteiger partial charge in [0.25, 0.3) is 0 Å². The van der Waals surface area contributed by atoms with Crippen molar-refractivity contribution < 1.29 is 18.7 Å². The molecular formula is C12H15FO3. The molecule has 0 saturated heterocycles. The van der Waals surface area contributed by atoms with E-state index in [1.54, 1.807) is 19.9 Å². The third-order valence-corrected chi connectivity index (χ3v) is 2.34. The van der Waals surface area contributed by atoms with Crippen molar-refractivity contribution >= 4 is 5.97 Å². The lowest BCUT2D eigenvalue weighted by molar-refractivity contribution is -0.142. The summed E-state index contributed by atoms with van der Waals surface area (Å²) < 4.78 is 23.4. The van der Waals surface area contributed by atoms with Crippen molar-refractivity contribution in [1.29, 1.82) is 0 Å². The van der Waals surface area contributed by atoms with Crippen LogP contribution in [0.4, 0.5) is 4.39 Å².